The van der Waals surface area contributed by atoms with E-state index in [-0.39, 0.29) is 24.0 Å². The highest BCUT2D eigenvalue weighted by Crippen LogP contribution is 2.03. The second-order valence-corrected chi connectivity index (χ2v) is 4.64. The number of guanidine groups is 1. The van der Waals surface area contributed by atoms with Gasteiger partial charge in [-0.05, 0) is 13.8 Å². The van der Waals surface area contributed by atoms with Gasteiger partial charge < -0.3 is 20.1 Å². The molecule has 1 aliphatic heterocycles. The van der Waals surface area contributed by atoms with Crippen LogP contribution in [0.1, 0.15) is 13.8 Å². The maximum absolute atomic E-state index is 5.36. The number of nitrogens with zero attached hydrogens (tertiary/aromatic N) is 2. The first-order chi connectivity index (χ1) is 9.27. The van der Waals surface area contributed by atoms with E-state index in [2.05, 4.69) is 34.4 Å². The van der Waals surface area contributed by atoms with Gasteiger partial charge in [0.05, 0.1) is 26.4 Å². The monoisotopic (exact) mass is 400 g/mol. The maximum atomic E-state index is 5.36. The molecule has 0 radical (unpaired) electrons. The highest BCUT2D eigenvalue weighted by atomic mass is 127. The lowest BCUT2D eigenvalue weighted by Gasteiger charge is -2.31. The van der Waals surface area contributed by atoms with Crippen LogP contribution in [-0.4, -0.2) is 76.6 Å². The van der Waals surface area contributed by atoms with Crippen LogP contribution >= 0.6 is 24.0 Å². The van der Waals surface area contributed by atoms with Crippen molar-refractivity contribution in [3.63, 3.8) is 0 Å². The highest BCUT2D eigenvalue weighted by Gasteiger charge is 2.16. The van der Waals surface area contributed by atoms with Crippen molar-refractivity contribution in [3.05, 3.63) is 0 Å². The van der Waals surface area contributed by atoms with Crippen LogP contribution in [0.5, 0.6) is 0 Å². The fraction of sp³-hybridized carbons (Fsp3) is 0.923. The van der Waals surface area contributed by atoms with Gasteiger partial charge in [0.25, 0.3) is 0 Å². The van der Waals surface area contributed by atoms with Crippen LogP contribution in [0.2, 0.25) is 0 Å². The topological polar surface area (TPSA) is 58.1 Å². The molecule has 120 valence electrons. The molecular weight excluding hydrogens is 371 g/mol. The molecule has 7 heteroatoms. The van der Waals surface area contributed by atoms with Crippen LogP contribution in [0, 0.1) is 0 Å². The molecule has 1 fully saturated rings. The number of nitrogens with one attached hydrogen (secondary N) is 2. The zero-order chi connectivity index (χ0) is 13.9. The van der Waals surface area contributed by atoms with E-state index >= 15 is 0 Å². The zero-order valence-corrected chi connectivity index (χ0v) is 15.2. The van der Waals surface area contributed by atoms with E-state index in [0.29, 0.717) is 12.6 Å². The van der Waals surface area contributed by atoms with Crippen molar-refractivity contribution in [2.24, 2.45) is 4.99 Å². The minimum atomic E-state index is 0. The number of morpholine rings is 1. The summed E-state index contributed by atoms with van der Waals surface area (Å²) < 4.78 is 10.4. The molecule has 1 atom stereocenters. The summed E-state index contributed by atoms with van der Waals surface area (Å²) >= 11 is 0. The summed E-state index contributed by atoms with van der Waals surface area (Å²) in [6, 6.07) is 0.446. The van der Waals surface area contributed by atoms with E-state index in [1.165, 1.54) is 0 Å². The van der Waals surface area contributed by atoms with E-state index in [9.17, 15) is 0 Å². The van der Waals surface area contributed by atoms with E-state index in [1.807, 2.05) is 0 Å². The van der Waals surface area contributed by atoms with Gasteiger partial charge in [-0.1, -0.05) is 0 Å². The Balaban J connectivity index is 0.00000361. The van der Waals surface area contributed by atoms with E-state index in [1.54, 1.807) is 7.11 Å². The summed E-state index contributed by atoms with van der Waals surface area (Å²) in [5, 5.41) is 6.49. The normalized spacial score (nSPS) is 18.2. The number of hydrogen-bond donors (Lipinski definition) is 2. The molecule has 0 spiro atoms. The minimum Gasteiger partial charge on any atom is -0.383 e. The van der Waals surface area contributed by atoms with Crippen molar-refractivity contribution in [2.45, 2.75) is 19.9 Å². The standard InChI is InChI=1S/C13H28N4O2.HI/c1-4-14-13(15-5-8-18-3)16-11-12(2)17-6-9-19-10-7-17;/h12H,4-11H2,1-3H3,(H2,14,15,16);1H. The lowest BCUT2D eigenvalue weighted by molar-refractivity contribution is 0.0220. The second-order valence-electron chi connectivity index (χ2n) is 4.64. The number of halogens is 1. The molecule has 0 aromatic rings. The van der Waals surface area contributed by atoms with Crippen LogP contribution in [0.15, 0.2) is 4.99 Å². The molecule has 0 aromatic heterocycles. The Morgan fingerprint density at radius 2 is 2.05 bits per heavy atom. The number of rotatable bonds is 7. The Kier molecular flexibility index (Phi) is 12.5. The maximum Gasteiger partial charge on any atom is 0.191 e. The number of hydrogen-bond acceptors (Lipinski definition) is 4. The third kappa shape index (κ3) is 8.23. The molecular formula is C13H29IN4O2. The first-order valence-electron chi connectivity index (χ1n) is 7.10. The van der Waals surface area contributed by atoms with Gasteiger partial charge in [-0.25, -0.2) is 0 Å². The molecule has 1 heterocycles. The van der Waals surface area contributed by atoms with Crippen molar-refractivity contribution >= 4 is 29.9 Å². The van der Waals surface area contributed by atoms with Gasteiger partial charge >= 0.3 is 0 Å². The predicted molar refractivity (Wildman–Crippen MR) is 93.1 cm³/mol. The van der Waals surface area contributed by atoms with Crippen LogP contribution in [-0.2, 0) is 9.47 Å². The third-order valence-electron chi connectivity index (χ3n) is 3.13. The predicted octanol–water partition coefficient (Wildman–Crippen LogP) is 0.527. The summed E-state index contributed by atoms with van der Waals surface area (Å²) in [7, 11) is 1.70. The van der Waals surface area contributed by atoms with Crippen LogP contribution in [0.4, 0.5) is 0 Å². The smallest absolute Gasteiger partial charge is 0.191 e. The van der Waals surface area contributed by atoms with Crippen molar-refractivity contribution in [2.75, 3.05) is 59.7 Å². The largest absolute Gasteiger partial charge is 0.383 e. The molecule has 0 saturated carbocycles. The first kappa shape index (κ1) is 19.9. The molecule has 0 bridgehead atoms. The molecule has 0 aliphatic carbocycles. The number of ether oxygens (including phenoxy) is 2. The van der Waals surface area contributed by atoms with E-state index in [0.717, 1.165) is 51.9 Å². The fourth-order valence-corrected chi connectivity index (χ4v) is 1.97. The molecule has 1 saturated heterocycles. The van der Waals surface area contributed by atoms with Crippen LogP contribution in [0.3, 0.4) is 0 Å². The van der Waals surface area contributed by atoms with Gasteiger partial charge in [-0.2, -0.15) is 0 Å². The quantitative estimate of drug-likeness (QED) is 0.283. The van der Waals surface area contributed by atoms with Gasteiger partial charge in [0.2, 0.25) is 0 Å². The molecule has 1 rings (SSSR count). The summed E-state index contributed by atoms with van der Waals surface area (Å²) in [5.74, 6) is 0.861. The Hall–Kier alpha value is -0.120. The summed E-state index contributed by atoms with van der Waals surface area (Å²) in [6.07, 6.45) is 0. The number of methoxy groups -OCH3 is 1. The Morgan fingerprint density at radius 3 is 2.65 bits per heavy atom. The van der Waals surface area contributed by atoms with Crippen molar-refractivity contribution in [1.82, 2.24) is 15.5 Å². The summed E-state index contributed by atoms with van der Waals surface area (Å²) in [5.41, 5.74) is 0. The van der Waals surface area contributed by atoms with E-state index in [4.69, 9.17) is 9.47 Å². The molecule has 20 heavy (non-hydrogen) atoms. The Labute approximate surface area is 139 Å². The molecule has 6 nitrogen and oxygen atoms in total. The average Bonchev–Trinajstić information content (AvgIpc) is 2.45. The zero-order valence-electron chi connectivity index (χ0n) is 12.9. The first-order valence-corrected chi connectivity index (χ1v) is 7.10. The lowest BCUT2D eigenvalue weighted by Crippen LogP contribution is -2.44. The van der Waals surface area contributed by atoms with Crippen molar-refractivity contribution in [3.8, 4) is 0 Å². The second kappa shape index (κ2) is 12.6. The fourth-order valence-electron chi connectivity index (χ4n) is 1.97. The SMILES string of the molecule is CCNC(=NCC(C)N1CCOCC1)NCCOC.I. The van der Waals surface area contributed by atoms with Gasteiger partial charge in [-0.15, -0.1) is 24.0 Å². The minimum absolute atomic E-state index is 0. The molecule has 1 aliphatic rings. The van der Waals surface area contributed by atoms with E-state index < -0.39 is 0 Å². The average molecular weight is 400 g/mol. The molecule has 1 unspecified atom stereocenters. The third-order valence-corrected chi connectivity index (χ3v) is 3.13. The van der Waals surface area contributed by atoms with Gasteiger partial charge in [-0.3, -0.25) is 9.89 Å². The van der Waals surface area contributed by atoms with Crippen LogP contribution < -0.4 is 10.6 Å². The van der Waals surface area contributed by atoms with Gasteiger partial charge in [0, 0.05) is 39.3 Å². The van der Waals surface area contributed by atoms with Gasteiger partial charge in [0.1, 0.15) is 0 Å². The summed E-state index contributed by atoms with van der Waals surface area (Å²) in [4.78, 5) is 7.04. The van der Waals surface area contributed by atoms with Crippen molar-refractivity contribution in [1.29, 1.82) is 0 Å². The summed E-state index contributed by atoms with van der Waals surface area (Å²) in [6.45, 7) is 11.1. The highest BCUT2D eigenvalue weighted by molar-refractivity contribution is 14.0. The van der Waals surface area contributed by atoms with Crippen molar-refractivity contribution < 1.29 is 9.47 Å². The molecule has 0 amide bonds. The van der Waals surface area contributed by atoms with Gasteiger partial charge in [0.15, 0.2) is 5.96 Å². The Bertz CT molecular complexity index is 261. The molecule has 2 N–H and O–H groups in total. The number of aliphatic imine (C=N–C) groups is 1. The lowest BCUT2D eigenvalue weighted by atomic mass is 10.2. The van der Waals surface area contributed by atoms with Crippen LogP contribution in [0.25, 0.3) is 0 Å². The molecule has 0 aromatic carbocycles. The Morgan fingerprint density at radius 1 is 1.35 bits per heavy atom.